The highest BCUT2D eigenvalue weighted by molar-refractivity contribution is 5.26. The van der Waals surface area contributed by atoms with E-state index in [4.69, 9.17) is 0 Å². The van der Waals surface area contributed by atoms with E-state index in [0.717, 1.165) is 13.0 Å². The van der Waals surface area contributed by atoms with Crippen molar-refractivity contribution >= 4 is 0 Å². The number of hydrogen-bond acceptors (Lipinski definition) is 2. The molecule has 2 rings (SSSR count). The van der Waals surface area contributed by atoms with Crippen LogP contribution in [0.4, 0.5) is 0 Å². The van der Waals surface area contributed by atoms with Crippen molar-refractivity contribution in [2.24, 2.45) is 5.92 Å². The smallest absolute Gasteiger partial charge is 0.0315 e. The van der Waals surface area contributed by atoms with Crippen molar-refractivity contribution < 1.29 is 0 Å². The largest absolute Gasteiger partial charge is 0.309 e. The maximum atomic E-state index is 4.13. The van der Waals surface area contributed by atoms with Gasteiger partial charge in [-0.15, -0.1) is 0 Å². The molecule has 0 aromatic carbocycles. The summed E-state index contributed by atoms with van der Waals surface area (Å²) in [4.78, 5) is 4.13. The molecule has 0 radical (unpaired) electrons. The second-order valence-electron chi connectivity index (χ2n) is 4.08. The van der Waals surface area contributed by atoms with Gasteiger partial charge in [-0.1, -0.05) is 13.8 Å². The molecule has 1 unspecified atom stereocenters. The Morgan fingerprint density at radius 1 is 1.46 bits per heavy atom. The van der Waals surface area contributed by atoms with Crippen LogP contribution >= 0.6 is 0 Å². The van der Waals surface area contributed by atoms with Crippen LogP contribution in [0.3, 0.4) is 0 Å². The summed E-state index contributed by atoms with van der Waals surface area (Å²) < 4.78 is 0. The molecular formula is C11H16N2. The molecule has 0 spiro atoms. The Morgan fingerprint density at radius 2 is 2.31 bits per heavy atom. The molecule has 1 aliphatic rings. The second-order valence-corrected chi connectivity index (χ2v) is 4.08. The Kier molecular flexibility index (Phi) is 2.32. The van der Waals surface area contributed by atoms with Gasteiger partial charge in [0.25, 0.3) is 0 Å². The summed E-state index contributed by atoms with van der Waals surface area (Å²) >= 11 is 0. The highest BCUT2D eigenvalue weighted by atomic mass is 14.9. The van der Waals surface area contributed by atoms with Gasteiger partial charge >= 0.3 is 0 Å². The van der Waals surface area contributed by atoms with Gasteiger partial charge in [0, 0.05) is 25.0 Å². The molecule has 1 aromatic heterocycles. The van der Waals surface area contributed by atoms with E-state index in [1.807, 2.05) is 12.4 Å². The van der Waals surface area contributed by atoms with Gasteiger partial charge in [0.05, 0.1) is 0 Å². The van der Waals surface area contributed by atoms with Gasteiger partial charge in [-0.25, -0.2) is 0 Å². The van der Waals surface area contributed by atoms with Crippen LogP contribution in [0.2, 0.25) is 0 Å². The lowest BCUT2D eigenvalue weighted by atomic mass is 9.91. The van der Waals surface area contributed by atoms with Gasteiger partial charge in [0.1, 0.15) is 0 Å². The van der Waals surface area contributed by atoms with Crippen LogP contribution in [0.1, 0.15) is 25.0 Å². The molecule has 1 N–H and O–H groups in total. The minimum atomic E-state index is 0.634. The fourth-order valence-electron chi connectivity index (χ4n) is 1.84. The summed E-state index contributed by atoms with van der Waals surface area (Å²) in [5.74, 6) is 0.710. The number of pyridine rings is 1. The van der Waals surface area contributed by atoms with Crippen molar-refractivity contribution in [2.45, 2.75) is 32.9 Å². The van der Waals surface area contributed by atoms with Gasteiger partial charge in [-0.05, 0) is 29.5 Å². The zero-order chi connectivity index (χ0) is 9.26. The summed E-state index contributed by atoms with van der Waals surface area (Å²) in [6.07, 6.45) is 5.01. The molecule has 0 bridgehead atoms. The maximum absolute atomic E-state index is 4.13. The van der Waals surface area contributed by atoms with Gasteiger partial charge in [-0.2, -0.15) is 0 Å². The summed E-state index contributed by atoms with van der Waals surface area (Å²) in [5.41, 5.74) is 2.83. The highest BCUT2D eigenvalue weighted by Crippen LogP contribution is 2.18. The molecule has 0 saturated heterocycles. The van der Waals surface area contributed by atoms with Crippen LogP contribution in [-0.2, 0) is 13.0 Å². The molecule has 13 heavy (non-hydrogen) atoms. The van der Waals surface area contributed by atoms with Crippen LogP contribution in [0, 0.1) is 5.92 Å². The summed E-state index contributed by atoms with van der Waals surface area (Å²) in [5, 5.41) is 3.53. The lowest BCUT2D eigenvalue weighted by molar-refractivity contribution is 0.377. The highest BCUT2D eigenvalue weighted by Gasteiger charge is 2.19. The fraction of sp³-hybridized carbons (Fsp3) is 0.545. The van der Waals surface area contributed by atoms with Gasteiger partial charge < -0.3 is 5.32 Å². The molecular weight excluding hydrogens is 160 g/mol. The predicted octanol–water partition coefficient (Wildman–Crippen LogP) is 1.75. The van der Waals surface area contributed by atoms with Gasteiger partial charge in [0.2, 0.25) is 0 Å². The second kappa shape index (κ2) is 3.46. The predicted molar refractivity (Wildman–Crippen MR) is 53.4 cm³/mol. The molecule has 2 nitrogen and oxygen atoms in total. The topological polar surface area (TPSA) is 24.9 Å². The van der Waals surface area contributed by atoms with E-state index in [1.54, 1.807) is 0 Å². The van der Waals surface area contributed by atoms with Crippen molar-refractivity contribution in [3.63, 3.8) is 0 Å². The van der Waals surface area contributed by atoms with E-state index in [0.29, 0.717) is 12.0 Å². The lowest BCUT2D eigenvalue weighted by Crippen LogP contribution is -2.39. The van der Waals surface area contributed by atoms with Crippen molar-refractivity contribution in [3.8, 4) is 0 Å². The average molecular weight is 176 g/mol. The van der Waals surface area contributed by atoms with Crippen molar-refractivity contribution in [2.75, 3.05) is 0 Å². The number of fused-ring (bicyclic) bond motifs is 1. The number of nitrogens with one attached hydrogen (secondary N) is 1. The number of rotatable bonds is 1. The van der Waals surface area contributed by atoms with E-state index >= 15 is 0 Å². The van der Waals surface area contributed by atoms with Crippen LogP contribution in [-0.4, -0.2) is 11.0 Å². The minimum Gasteiger partial charge on any atom is -0.309 e. The molecule has 1 aromatic rings. The quantitative estimate of drug-likeness (QED) is 0.705. The Bertz CT molecular complexity index is 294. The monoisotopic (exact) mass is 176 g/mol. The third-order valence-electron chi connectivity index (χ3n) is 2.80. The molecule has 0 saturated carbocycles. The molecule has 2 heterocycles. The summed E-state index contributed by atoms with van der Waals surface area (Å²) in [7, 11) is 0. The van der Waals surface area contributed by atoms with Crippen LogP contribution in [0.5, 0.6) is 0 Å². The molecule has 2 heteroatoms. The Balaban J connectivity index is 2.20. The van der Waals surface area contributed by atoms with Gasteiger partial charge in [-0.3, -0.25) is 4.98 Å². The fourth-order valence-corrected chi connectivity index (χ4v) is 1.84. The zero-order valence-electron chi connectivity index (χ0n) is 8.25. The van der Waals surface area contributed by atoms with Crippen LogP contribution in [0.15, 0.2) is 18.5 Å². The number of hydrogen-bond donors (Lipinski definition) is 1. The Hall–Kier alpha value is -0.890. The summed E-state index contributed by atoms with van der Waals surface area (Å²) in [6, 6.07) is 2.78. The first-order chi connectivity index (χ1) is 6.27. The van der Waals surface area contributed by atoms with E-state index in [2.05, 4.69) is 30.2 Å². The zero-order valence-corrected chi connectivity index (χ0v) is 8.25. The standard InChI is InChI=1S/C11H16N2/c1-8(2)11-5-9-3-4-12-6-10(9)7-13-11/h3-4,6,8,11,13H,5,7H2,1-2H3. The average Bonchev–Trinajstić information content (AvgIpc) is 2.17. The Morgan fingerprint density at radius 3 is 3.08 bits per heavy atom. The Labute approximate surface area is 79.4 Å². The molecule has 0 fully saturated rings. The first-order valence-corrected chi connectivity index (χ1v) is 4.92. The van der Waals surface area contributed by atoms with E-state index in [-0.39, 0.29) is 0 Å². The van der Waals surface area contributed by atoms with Crippen molar-refractivity contribution in [3.05, 3.63) is 29.6 Å². The minimum absolute atomic E-state index is 0.634. The first kappa shape index (κ1) is 8.70. The molecule has 1 aliphatic heterocycles. The molecule has 0 amide bonds. The van der Waals surface area contributed by atoms with E-state index < -0.39 is 0 Å². The number of nitrogens with zero attached hydrogens (tertiary/aromatic N) is 1. The molecule has 70 valence electrons. The van der Waals surface area contributed by atoms with Crippen molar-refractivity contribution in [1.82, 2.24) is 10.3 Å². The molecule has 1 atom stereocenters. The van der Waals surface area contributed by atoms with Crippen LogP contribution in [0.25, 0.3) is 0 Å². The van der Waals surface area contributed by atoms with Crippen LogP contribution < -0.4 is 5.32 Å². The molecule has 0 aliphatic carbocycles. The lowest BCUT2D eigenvalue weighted by Gasteiger charge is -2.28. The first-order valence-electron chi connectivity index (χ1n) is 4.92. The van der Waals surface area contributed by atoms with E-state index in [1.165, 1.54) is 11.1 Å². The van der Waals surface area contributed by atoms with Crippen molar-refractivity contribution in [1.29, 1.82) is 0 Å². The number of aromatic nitrogens is 1. The SMILES string of the molecule is CC(C)C1Cc2ccncc2CN1. The van der Waals surface area contributed by atoms with Gasteiger partial charge in [0.15, 0.2) is 0 Å². The third-order valence-corrected chi connectivity index (χ3v) is 2.80. The summed E-state index contributed by atoms with van der Waals surface area (Å²) in [6.45, 7) is 5.51. The third kappa shape index (κ3) is 1.73. The van der Waals surface area contributed by atoms with E-state index in [9.17, 15) is 0 Å². The maximum Gasteiger partial charge on any atom is 0.0315 e. The normalized spacial score (nSPS) is 21.6.